The third-order valence-electron chi connectivity index (χ3n) is 2.28. The van der Waals surface area contributed by atoms with E-state index in [1.807, 2.05) is 6.07 Å². The zero-order chi connectivity index (χ0) is 13.1. The molecule has 0 aliphatic heterocycles. The van der Waals surface area contributed by atoms with E-state index < -0.39 is 11.7 Å². The summed E-state index contributed by atoms with van der Waals surface area (Å²) < 4.78 is 15.1. The second kappa shape index (κ2) is 4.67. The molecule has 1 aromatic heterocycles. The van der Waals surface area contributed by atoms with E-state index in [9.17, 15) is 9.18 Å². The van der Waals surface area contributed by atoms with Crippen molar-refractivity contribution in [2.24, 2.45) is 7.05 Å². The number of hydrogen-bond acceptors (Lipinski definition) is 3. The van der Waals surface area contributed by atoms with E-state index in [4.69, 9.17) is 5.26 Å². The maximum Gasteiger partial charge on any atom is 0.275 e. The van der Waals surface area contributed by atoms with Gasteiger partial charge in [-0.25, -0.2) is 9.37 Å². The molecule has 0 unspecified atom stereocenters. The van der Waals surface area contributed by atoms with Crippen LogP contribution in [0.1, 0.15) is 16.1 Å². The van der Waals surface area contributed by atoms with E-state index in [0.717, 1.165) is 6.07 Å². The molecule has 1 N–H and O–H groups in total. The number of amides is 1. The molecule has 0 bridgehead atoms. The maximum absolute atomic E-state index is 13.5. The summed E-state index contributed by atoms with van der Waals surface area (Å²) in [6, 6.07) is 5.65. The lowest BCUT2D eigenvalue weighted by Gasteiger charge is -2.04. The lowest BCUT2D eigenvalue weighted by molar-refractivity contribution is 0.102. The number of carbonyl (C=O) groups excluding carboxylic acids is 1. The number of nitriles is 1. The molecule has 1 amide bonds. The Bertz CT molecular complexity index is 642. The molecule has 0 aliphatic rings. The molecule has 0 atom stereocenters. The topological polar surface area (TPSA) is 70.7 Å². The molecule has 0 spiro atoms. The van der Waals surface area contributed by atoms with Gasteiger partial charge in [-0.3, -0.25) is 4.79 Å². The molecule has 2 rings (SSSR count). The zero-order valence-electron chi connectivity index (χ0n) is 9.51. The van der Waals surface area contributed by atoms with Crippen LogP contribution in [0.2, 0.25) is 0 Å². The van der Waals surface area contributed by atoms with Crippen molar-refractivity contribution in [3.8, 4) is 6.07 Å². The molecule has 1 heterocycles. The predicted octanol–water partition coefficient (Wildman–Crippen LogP) is 1.68. The summed E-state index contributed by atoms with van der Waals surface area (Å²) in [5.41, 5.74) is 0.411. The summed E-state index contributed by atoms with van der Waals surface area (Å²) in [7, 11) is 1.73. The summed E-state index contributed by atoms with van der Waals surface area (Å²) in [6.45, 7) is 0. The first kappa shape index (κ1) is 11.8. The van der Waals surface area contributed by atoms with E-state index in [2.05, 4.69) is 10.3 Å². The second-order valence-electron chi connectivity index (χ2n) is 3.68. The maximum atomic E-state index is 13.5. The molecule has 0 fully saturated rings. The van der Waals surface area contributed by atoms with E-state index in [-0.39, 0.29) is 16.9 Å². The minimum Gasteiger partial charge on any atom is -0.340 e. The molecular formula is C12H9FN4O. The quantitative estimate of drug-likeness (QED) is 0.873. The predicted molar refractivity (Wildman–Crippen MR) is 62.3 cm³/mol. The number of aryl methyl sites for hydroxylation is 1. The Balaban J connectivity index is 2.20. The third kappa shape index (κ3) is 2.35. The van der Waals surface area contributed by atoms with Gasteiger partial charge in [-0.15, -0.1) is 0 Å². The van der Waals surface area contributed by atoms with Gasteiger partial charge in [0.25, 0.3) is 5.91 Å². The number of nitrogens with one attached hydrogen (secondary N) is 1. The average molecular weight is 244 g/mol. The number of aromatic nitrogens is 2. The van der Waals surface area contributed by atoms with Crippen molar-refractivity contribution in [1.82, 2.24) is 9.55 Å². The fourth-order valence-electron chi connectivity index (χ4n) is 1.40. The fraction of sp³-hybridized carbons (Fsp3) is 0.0833. The van der Waals surface area contributed by atoms with Crippen LogP contribution in [-0.2, 0) is 7.05 Å². The molecule has 18 heavy (non-hydrogen) atoms. The molecule has 2 aromatic rings. The van der Waals surface area contributed by atoms with Crippen LogP contribution in [0.4, 0.5) is 10.1 Å². The van der Waals surface area contributed by atoms with Crippen LogP contribution in [0.5, 0.6) is 0 Å². The van der Waals surface area contributed by atoms with E-state index in [1.54, 1.807) is 11.6 Å². The van der Waals surface area contributed by atoms with E-state index in [1.165, 1.54) is 24.7 Å². The van der Waals surface area contributed by atoms with Gasteiger partial charge in [0, 0.05) is 13.2 Å². The minimum absolute atomic E-state index is 0.0182. The molecule has 0 aliphatic carbocycles. The van der Waals surface area contributed by atoms with Gasteiger partial charge < -0.3 is 9.88 Å². The van der Waals surface area contributed by atoms with Gasteiger partial charge in [-0.1, -0.05) is 0 Å². The van der Waals surface area contributed by atoms with Crippen LogP contribution in [0.15, 0.2) is 30.7 Å². The van der Waals surface area contributed by atoms with Crippen LogP contribution in [0.25, 0.3) is 0 Å². The molecule has 90 valence electrons. The number of hydrogen-bond donors (Lipinski definition) is 1. The Morgan fingerprint density at radius 2 is 2.33 bits per heavy atom. The number of anilines is 1. The van der Waals surface area contributed by atoms with Crippen molar-refractivity contribution >= 4 is 11.6 Å². The van der Waals surface area contributed by atoms with Crippen molar-refractivity contribution in [1.29, 1.82) is 5.26 Å². The van der Waals surface area contributed by atoms with Crippen molar-refractivity contribution < 1.29 is 9.18 Å². The first-order valence-electron chi connectivity index (χ1n) is 5.09. The van der Waals surface area contributed by atoms with Gasteiger partial charge >= 0.3 is 0 Å². The van der Waals surface area contributed by atoms with Crippen LogP contribution < -0.4 is 5.32 Å². The Kier molecular flexibility index (Phi) is 3.06. The lowest BCUT2D eigenvalue weighted by Crippen LogP contribution is -2.13. The molecule has 5 nitrogen and oxygen atoms in total. The summed E-state index contributed by atoms with van der Waals surface area (Å²) in [4.78, 5) is 15.6. The summed E-state index contributed by atoms with van der Waals surface area (Å²) >= 11 is 0. The largest absolute Gasteiger partial charge is 0.340 e. The van der Waals surface area contributed by atoms with Gasteiger partial charge in [0.05, 0.1) is 23.6 Å². The number of carbonyl (C=O) groups is 1. The second-order valence-corrected chi connectivity index (χ2v) is 3.68. The summed E-state index contributed by atoms with van der Waals surface area (Å²) in [5, 5.41) is 11.0. The Hall–Kier alpha value is -2.68. The minimum atomic E-state index is -0.654. The highest BCUT2D eigenvalue weighted by atomic mass is 19.1. The SMILES string of the molecule is Cn1cnc(C(=O)Nc2ccc(C#N)cc2F)c1. The molecule has 6 heteroatoms. The highest BCUT2D eigenvalue weighted by Crippen LogP contribution is 2.16. The van der Waals surface area contributed by atoms with Crippen LogP contribution >= 0.6 is 0 Å². The molecule has 0 saturated heterocycles. The summed E-state index contributed by atoms with van der Waals surface area (Å²) in [5.74, 6) is -1.16. The van der Waals surface area contributed by atoms with Gasteiger partial charge in [0.15, 0.2) is 0 Å². The number of rotatable bonds is 2. The monoisotopic (exact) mass is 244 g/mol. The van der Waals surface area contributed by atoms with Crippen molar-refractivity contribution in [3.63, 3.8) is 0 Å². The molecule has 0 radical (unpaired) electrons. The van der Waals surface area contributed by atoms with E-state index in [0.29, 0.717) is 0 Å². The van der Waals surface area contributed by atoms with Crippen molar-refractivity contribution in [2.75, 3.05) is 5.32 Å². The Labute approximate surface area is 102 Å². The number of benzene rings is 1. The van der Waals surface area contributed by atoms with E-state index >= 15 is 0 Å². The zero-order valence-corrected chi connectivity index (χ0v) is 9.51. The Morgan fingerprint density at radius 3 is 2.89 bits per heavy atom. The third-order valence-corrected chi connectivity index (χ3v) is 2.28. The van der Waals surface area contributed by atoms with Gasteiger partial charge in [-0.05, 0) is 18.2 Å². The number of halogens is 1. The van der Waals surface area contributed by atoms with Crippen LogP contribution in [0, 0.1) is 17.1 Å². The van der Waals surface area contributed by atoms with Crippen LogP contribution in [0.3, 0.4) is 0 Å². The fourth-order valence-corrected chi connectivity index (χ4v) is 1.40. The average Bonchev–Trinajstić information content (AvgIpc) is 2.78. The molecule has 0 saturated carbocycles. The number of imidazole rings is 1. The highest BCUT2D eigenvalue weighted by Gasteiger charge is 2.11. The standard InChI is InChI=1S/C12H9FN4O/c1-17-6-11(15-7-17)12(18)16-10-3-2-8(5-14)4-9(10)13/h2-4,6-7H,1H3,(H,16,18). The summed E-state index contributed by atoms with van der Waals surface area (Å²) in [6.07, 6.45) is 3.00. The normalized spacial score (nSPS) is 9.83. The van der Waals surface area contributed by atoms with Crippen molar-refractivity contribution in [3.05, 3.63) is 47.8 Å². The van der Waals surface area contributed by atoms with Gasteiger partial charge in [0.1, 0.15) is 11.5 Å². The smallest absolute Gasteiger partial charge is 0.275 e. The van der Waals surface area contributed by atoms with Gasteiger partial charge in [0.2, 0.25) is 0 Å². The van der Waals surface area contributed by atoms with Gasteiger partial charge in [-0.2, -0.15) is 5.26 Å². The first-order chi connectivity index (χ1) is 8.60. The Morgan fingerprint density at radius 1 is 1.56 bits per heavy atom. The molecule has 1 aromatic carbocycles. The number of nitrogens with zero attached hydrogens (tertiary/aromatic N) is 3. The van der Waals surface area contributed by atoms with Crippen LogP contribution in [-0.4, -0.2) is 15.5 Å². The van der Waals surface area contributed by atoms with Crippen molar-refractivity contribution in [2.45, 2.75) is 0 Å². The lowest BCUT2D eigenvalue weighted by atomic mass is 10.2. The molecular weight excluding hydrogens is 235 g/mol. The first-order valence-corrected chi connectivity index (χ1v) is 5.09. The highest BCUT2D eigenvalue weighted by molar-refractivity contribution is 6.02.